The van der Waals surface area contributed by atoms with Crippen LogP contribution in [0.15, 0.2) is 36.4 Å². The SMILES string of the molecule is O=C(Nc1ccc(Cl)cc1Cl)c1ccc(Cl)cc1Cl. The molecule has 0 atom stereocenters. The summed E-state index contributed by atoms with van der Waals surface area (Å²) in [6.07, 6.45) is 0. The third-order valence-electron chi connectivity index (χ3n) is 2.36. The molecule has 1 N–H and O–H groups in total. The number of amides is 1. The van der Waals surface area contributed by atoms with Gasteiger partial charge < -0.3 is 5.32 Å². The van der Waals surface area contributed by atoms with Crippen LogP contribution in [-0.2, 0) is 0 Å². The molecule has 0 aliphatic rings. The molecule has 0 saturated carbocycles. The van der Waals surface area contributed by atoms with Crippen LogP contribution in [-0.4, -0.2) is 5.91 Å². The third-order valence-corrected chi connectivity index (χ3v) is 3.45. The summed E-state index contributed by atoms with van der Waals surface area (Å²) in [4.78, 5) is 12.1. The van der Waals surface area contributed by atoms with Gasteiger partial charge in [-0.25, -0.2) is 0 Å². The molecule has 2 nitrogen and oxygen atoms in total. The van der Waals surface area contributed by atoms with Gasteiger partial charge >= 0.3 is 0 Å². The standard InChI is InChI=1S/C13H7Cl4NO/c14-7-1-3-9(10(16)5-7)13(19)18-12-4-2-8(15)6-11(12)17/h1-6H,(H,18,19). The minimum absolute atomic E-state index is 0.273. The van der Waals surface area contributed by atoms with Crippen LogP contribution in [0.2, 0.25) is 20.1 Å². The van der Waals surface area contributed by atoms with Gasteiger partial charge in [-0.15, -0.1) is 0 Å². The van der Waals surface area contributed by atoms with Crippen molar-refractivity contribution in [3.63, 3.8) is 0 Å². The van der Waals surface area contributed by atoms with E-state index in [4.69, 9.17) is 46.4 Å². The fraction of sp³-hybridized carbons (Fsp3) is 0. The molecule has 0 aromatic heterocycles. The molecule has 0 saturated heterocycles. The van der Waals surface area contributed by atoms with Crippen LogP contribution in [0.1, 0.15) is 10.4 Å². The normalized spacial score (nSPS) is 10.3. The Hall–Kier alpha value is -0.930. The molecule has 0 bridgehead atoms. The number of carbonyl (C=O) groups is 1. The lowest BCUT2D eigenvalue weighted by atomic mass is 10.2. The van der Waals surface area contributed by atoms with Gasteiger partial charge in [0.25, 0.3) is 5.91 Å². The number of rotatable bonds is 2. The minimum atomic E-state index is -0.370. The molecule has 1 amide bonds. The van der Waals surface area contributed by atoms with Crippen LogP contribution in [0, 0.1) is 0 Å². The summed E-state index contributed by atoms with van der Waals surface area (Å²) in [6.45, 7) is 0. The number of carbonyl (C=O) groups excluding carboxylic acids is 1. The first kappa shape index (κ1) is 14.5. The zero-order chi connectivity index (χ0) is 14.0. The molecular weight excluding hydrogens is 328 g/mol. The molecule has 2 rings (SSSR count). The van der Waals surface area contributed by atoms with E-state index in [-0.39, 0.29) is 10.9 Å². The number of anilines is 1. The highest BCUT2D eigenvalue weighted by molar-refractivity contribution is 6.38. The van der Waals surface area contributed by atoms with Gasteiger partial charge in [-0.3, -0.25) is 4.79 Å². The summed E-state index contributed by atoms with van der Waals surface area (Å²) in [5.41, 5.74) is 0.777. The van der Waals surface area contributed by atoms with Crippen molar-refractivity contribution >= 4 is 58.0 Å². The summed E-state index contributed by atoms with van der Waals surface area (Å²) in [6, 6.07) is 9.43. The van der Waals surface area contributed by atoms with Crippen molar-refractivity contribution in [2.45, 2.75) is 0 Å². The van der Waals surface area contributed by atoms with Gasteiger partial charge in [-0.2, -0.15) is 0 Å². The zero-order valence-electron chi connectivity index (χ0n) is 9.38. The average molecular weight is 335 g/mol. The second-order valence-corrected chi connectivity index (χ2v) is 5.39. The van der Waals surface area contributed by atoms with Gasteiger partial charge in [0.1, 0.15) is 0 Å². The molecule has 98 valence electrons. The topological polar surface area (TPSA) is 29.1 Å². The van der Waals surface area contributed by atoms with Crippen molar-refractivity contribution in [3.05, 3.63) is 62.1 Å². The molecule has 0 fully saturated rings. The average Bonchev–Trinajstić information content (AvgIpc) is 2.32. The Morgan fingerprint density at radius 3 is 2.00 bits per heavy atom. The van der Waals surface area contributed by atoms with Crippen LogP contribution in [0.4, 0.5) is 5.69 Å². The number of benzene rings is 2. The van der Waals surface area contributed by atoms with E-state index in [1.54, 1.807) is 30.3 Å². The molecule has 19 heavy (non-hydrogen) atoms. The predicted molar refractivity (Wildman–Crippen MR) is 80.9 cm³/mol. The molecule has 2 aromatic rings. The van der Waals surface area contributed by atoms with Crippen molar-refractivity contribution in [1.82, 2.24) is 0 Å². The molecule has 0 heterocycles. The van der Waals surface area contributed by atoms with Crippen molar-refractivity contribution in [1.29, 1.82) is 0 Å². The molecule has 0 unspecified atom stereocenters. The lowest BCUT2D eigenvalue weighted by Gasteiger charge is -2.08. The van der Waals surface area contributed by atoms with Crippen LogP contribution in [0.3, 0.4) is 0 Å². The highest BCUT2D eigenvalue weighted by Crippen LogP contribution is 2.27. The largest absolute Gasteiger partial charge is 0.321 e. The van der Waals surface area contributed by atoms with Crippen LogP contribution >= 0.6 is 46.4 Å². The Bertz CT molecular complexity index is 643. The van der Waals surface area contributed by atoms with Crippen LogP contribution < -0.4 is 5.32 Å². The van der Waals surface area contributed by atoms with E-state index in [9.17, 15) is 4.79 Å². The third kappa shape index (κ3) is 3.54. The van der Waals surface area contributed by atoms with Gasteiger partial charge in [0.05, 0.1) is 21.3 Å². The van der Waals surface area contributed by atoms with Crippen molar-refractivity contribution in [2.24, 2.45) is 0 Å². The fourth-order valence-corrected chi connectivity index (χ4v) is 2.40. The van der Waals surface area contributed by atoms with E-state index < -0.39 is 0 Å². The van der Waals surface area contributed by atoms with Crippen LogP contribution in [0.25, 0.3) is 0 Å². The van der Waals surface area contributed by atoms with Crippen molar-refractivity contribution in [3.8, 4) is 0 Å². The summed E-state index contributed by atoms with van der Waals surface area (Å²) in [5.74, 6) is -0.370. The van der Waals surface area contributed by atoms with E-state index >= 15 is 0 Å². The maximum Gasteiger partial charge on any atom is 0.257 e. The van der Waals surface area contributed by atoms with E-state index in [1.165, 1.54) is 6.07 Å². The quantitative estimate of drug-likeness (QED) is 0.766. The lowest BCUT2D eigenvalue weighted by Crippen LogP contribution is -2.12. The Kier molecular flexibility index (Phi) is 4.58. The van der Waals surface area contributed by atoms with E-state index in [0.717, 1.165) is 0 Å². The molecule has 0 spiro atoms. The highest BCUT2D eigenvalue weighted by atomic mass is 35.5. The van der Waals surface area contributed by atoms with E-state index in [1.807, 2.05) is 0 Å². The maximum atomic E-state index is 12.1. The zero-order valence-corrected chi connectivity index (χ0v) is 12.4. The number of hydrogen-bond acceptors (Lipinski definition) is 1. The first-order valence-electron chi connectivity index (χ1n) is 5.19. The van der Waals surface area contributed by atoms with E-state index in [2.05, 4.69) is 5.32 Å². The first-order chi connectivity index (χ1) is 8.97. The van der Waals surface area contributed by atoms with Crippen LogP contribution in [0.5, 0.6) is 0 Å². The van der Waals surface area contributed by atoms with Crippen molar-refractivity contribution < 1.29 is 4.79 Å². The highest BCUT2D eigenvalue weighted by Gasteiger charge is 2.12. The molecule has 0 aliphatic heterocycles. The lowest BCUT2D eigenvalue weighted by molar-refractivity contribution is 0.102. The Morgan fingerprint density at radius 1 is 0.842 bits per heavy atom. The summed E-state index contributed by atoms with van der Waals surface area (Å²) < 4.78 is 0. The van der Waals surface area contributed by atoms with Gasteiger partial charge in [-0.05, 0) is 36.4 Å². The monoisotopic (exact) mass is 333 g/mol. The number of halogens is 4. The smallest absolute Gasteiger partial charge is 0.257 e. The van der Waals surface area contributed by atoms with Gasteiger partial charge in [0.2, 0.25) is 0 Å². The van der Waals surface area contributed by atoms with Crippen molar-refractivity contribution in [2.75, 3.05) is 5.32 Å². The second-order valence-electron chi connectivity index (χ2n) is 3.70. The maximum absolute atomic E-state index is 12.1. The second kappa shape index (κ2) is 6.02. The summed E-state index contributed by atoms with van der Waals surface area (Å²) in [7, 11) is 0. The summed E-state index contributed by atoms with van der Waals surface area (Å²) >= 11 is 23.5. The molecule has 0 radical (unpaired) electrons. The predicted octanol–water partition coefficient (Wildman–Crippen LogP) is 5.55. The molecular formula is C13H7Cl4NO. The Morgan fingerprint density at radius 2 is 1.42 bits per heavy atom. The number of hydrogen-bond donors (Lipinski definition) is 1. The van der Waals surface area contributed by atoms with Gasteiger partial charge in [0, 0.05) is 10.0 Å². The summed E-state index contributed by atoms with van der Waals surface area (Å²) in [5, 5.41) is 4.24. The Balaban J connectivity index is 2.25. The Labute approximate surface area is 130 Å². The molecule has 6 heteroatoms. The molecule has 0 aliphatic carbocycles. The van der Waals surface area contributed by atoms with Gasteiger partial charge in [0.15, 0.2) is 0 Å². The number of nitrogens with one attached hydrogen (secondary N) is 1. The van der Waals surface area contributed by atoms with Gasteiger partial charge in [-0.1, -0.05) is 46.4 Å². The van der Waals surface area contributed by atoms with E-state index in [0.29, 0.717) is 26.3 Å². The molecule has 2 aromatic carbocycles. The minimum Gasteiger partial charge on any atom is -0.321 e. The fourth-order valence-electron chi connectivity index (χ4n) is 1.45. The first-order valence-corrected chi connectivity index (χ1v) is 6.70.